The van der Waals surface area contributed by atoms with Crippen molar-refractivity contribution >= 4 is 34.3 Å². The highest BCUT2D eigenvalue weighted by Crippen LogP contribution is 2.27. The summed E-state index contributed by atoms with van der Waals surface area (Å²) in [6, 6.07) is 1.84. The third-order valence-corrected chi connectivity index (χ3v) is 3.86. The van der Waals surface area contributed by atoms with Gasteiger partial charge in [-0.05, 0) is 25.5 Å². The van der Waals surface area contributed by atoms with E-state index in [1.54, 1.807) is 30.6 Å². The van der Waals surface area contributed by atoms with Crippen molar-refractivity contribution in [3.8, 4) is 0 Å². The van der Waals surface area contributed by atoms with Gasteiger partial charge >= 0.3 is 0 Å². The summed E-state index contributed by atoms with van der Waals surface area (Å²) in [6.45, 7) is 1.90. The lowest BCUT2D eigenvalue weighted by Gasteiger charge is -2.09. The number of aromatic nitrogens is 3. The topological polar surface area (TPSA) is 47.8 Å². The van der Waals surface area contributed by atoms with Crippen molar-refractivity contribution in [2.24, 2.45) is 7.05 Å². The normalized spacial score (nSPS) is 11.1. The summed E-state index contributed by atoms with van der Waals surface area (Å²) < 4.78 is 1.38. The molecule has 0 saturated heterocycles. The molecule has 0 aromatic carbocycles. The van der Waals surface area contributed by atoms with Gasteiger partial charge in [0.2, 0.25) is 0 Å². The summed E-state index contributed by atoms with van der Waals surface area (Å²) in [5.41, 5.74) is 0.769. The van der Waals surface area contributed by atoms with Gasteiger partial charge in [-0.3, -0.25) is 4.79 Å². The molecule has 2 rings (SSSR count). The number of nitrogens with zero attached hydrogens (tertiary/aromatic N) is 3. The average molecular weight is 267 g/mol. The lowest BCUT2D eigenvalue weighted by molar-refractivity contribution is 0.702. The maximum Gasteiger partial charge on any atom is 0.274 e. The fraction of sp³-hybridized carbons (Fsp3) is 0.364. The first kappa shape index (κ1) is 12.4. The Bertz CT molecular complexity index is 637. The van der Waals surface area contributed by atoms with Crippen molar-refractivity contribution in [3.63, 3.8) is 0 Å². The lowest BCUT2D eigenvalue weighted by Crippen LogP contribution is -2.21. The Morgan fingerprint density at radius 3 is 2.59 bits per heavy atom. The SMILES string of the molecule is CSc1cc2c(=O)n(C)nc(C)c2c(SC)n1. The molecule has 0 radical (unpaired) electrons. The Hall–Kier alpha value is -1.01. The molecule has 0 saturated carbocycles. The molecule has 0 fully saturated rings. The fourth-order valence-corrected chi connectivity index (χ4v) is 2.89. The van der Waals surface area contributed by atoms with Crippen LogP contribution < -0.4 is 5.56 Å². The maximum absolute atomic E-state index is 12.1. The van der Waals surface area contributed by atoms with E-state index in [1.807, 2.05) is 25.5 Å². The molecule has 0 atom stereocenters. The standard InChI is InChI=1S/C11H13N3OS2/c1-6-9-7(11(15)14(2)13-6)5-8(16-3)12-10(9)17-4/h5H,1-4H3. The van der Waals surface area contributed by atoms with Gasteiger partial charge in [0.1, 0.15) is 5.03 Å². The zero-order valence-corrected chi connectivity index (χ0v) is 11.8. The molecule has 2 aromatic rings. The monoisotopic (exact) mass is 267 g/mol. The van der Waals surface area contributed by atoms with Crippen molar-refractivity contribution in [3.05, 3.63) is 22.1 Å². The molecule has 90 valence electrons. The minimum atomic E-state index is -0.0707. The van der Waals surface area contributed by atoms with Gasteiger partial charge in [-0.1, -0.05) is 0 Å². The Labute approximate surface area is 108 Å². The van der Waals surface area contributed by atoms with E-state index in [9.17, 15) is 4.79 Å². The number of aryl methyl sites for hydroxylation is 2. The van der Waals surface area contributed by atoms with Gasteiger partial charge in [0.15, 0.2) is 0 Å². The highest BCUT2D eigenvalue weighted by atomic mass is 32.2. The molecular weight excluding hydrogens is 254 g/mol. The van der Waals surface area contributed by atoms with Crippen molar-refractivity contribution in [2.75, 3.05) is 12.5 Å². The number of fused-ring (bicyclic) bond motifs is 1. The molecule has 4 nitrogen and oxygen atoms in total. The largest absolute Gasteiger partial charge is 0.274 e. The lowest BCUT2D eigenvalue weighted by atomic mass is 10.2. The predicted octanol–water partition coefficient (Wildman–Crippen LogP) is 2.08. The summed E-state index contributed by atoms with van der Waals surface area (Å²) in [6.07, 6.45) is 3.92. The molecule has 0 aliphatic heterocycles. The first-order valence-corrected chi connectivity index (χ1v) is 7.50. The third kappa shape index (κ3) is 2.07. The first-order valence-electron chi connectivity index (χ1n) is 5.05. The Kier molecular flexibility index (Phi) is 3.44. The number of thioether (sulfide) groups is 2. The van der Waals surface area contributed by atoms with E-state index in [-0.39, 0.29) is 5.56 Å². The maximum atomic E-state index is 12.1. The molecule has 0 N–H and O–H groups in total. The molecule has 0 amide bonds. The van der Waals surface area contributed by atoms with Gasteiger partial charge in [-0.25, -0.2) is 9.67 Å². The van der Waals surface area contributed by atoms with Crippen LogP contribution in [0.5, 0.6) is 0 Å². The Morgan fingerprint density at radius 2 is 2.00 bits per heavy atom. The van der Waals surface area contributed by atoms with E-state index in [0.717, 1.165) is 21.1 Å². The van der Waals surface area contributed by atoms with Crippen LogP contribution in [0, 0.1) is 6.92 Å². The smallest absolute Gasteiger partial charge is 0.267 e. The predicted molar refractivity (Wildman–Crippen MR) is 73.1 cm³/mol. The third-order valence-electron chi connectivity index (χ3n) is 2.55. The summed E-state index contributed by atoms with van der Waals surface area (Å²) in [5, 5.41) is 7.52. The second-order valence-corrected chi connectivity index (χ2v) is 5.23. The van der Waals surface area contributed by atoms with Crippen LogP contribution in [0.3, 0.4) is 0 Å². The average Bonchev–Trinajstić information content (AvgIpc) is 2.34. The molecule has 0 bridgehead atoms. The number of pyridine rings is 1. The second kappa shape index (κ2) is 4.70. The van der Waals surface area contributed by atoms with E-state index in [4.69, 9.17) is 0 Å². The van der Waals surface area contributed by atoms with Crippen LogP contribution in [0.25, 0.3) is 10.8 Å². The van der Waals surface area contributed by atoms with Crippen LogP contribution in [0.15, 0.2) is 20.9 Å². The highest BCUT2D eigenvalue weighted by molar-refractivity contribution is 7.99. The molecule has 2 aromatic heterocycles. The van der Waals surface area contributed by atoms with E-state index >= 15 is 0 Å². The molecule has 17 heavy (non-hydrogen) atoms. The zero-order valence-electron chi connectivity index (χ0n) is 10.1. The summed E-state index contributed by atoms with van der Waals surface area (Å²) in [4.78, 5) is 16.6. The van der Waals surface area contributed by atoms with Gasteiger partial charge in [0.05, 0.1) is 16.1 Å². The minimum absolute atomic E-state index is 0.0707. The van der Waals surface area contributed by atoms with Crippen LogP contribution in [-0.4, -0.2) is 27.3 Å². The van der Waals surface area contributed by atoms with Crippen LogP contribution in [0.4, 0.5) is 0 Å². The summed E-state index contributed by atoms with van der Waals surface area (Å²) >= 11 is 3.08. The minimum Gasteiger partial charge on any atom is -0.267 e. The van der Waals surface area contributed by atoms with Crippen LogP contribution >= 0.6 is 23.5 Å². The van der Waals surface area contributed by atoms with Gasteiger partial charge in [-0.15, -0.1) is 23.5 Å². The van der Waals surface area contributed by atoms with E-state index in [0.29, 0.717) is 5.39 Å². The van der Waals surface area contributed by atoms with E-state index in [1.165, 1.54) is 4.68 Å². The summed E-state index contributed by atoms with van der Waals surface area (Å²) in [5.74, 6) is 0. The molecule has 0 aliphatic rings. The molecule has 0 aliphatic carbocycles. The Balaban J connectivity index is 2.98. The molecule has 6 heteroatoms. The molecule has 0 unspecified atom stereocenters. The first-order chi connectivity index (χ1) is 8.08. The van der Waals surface area contributed by atoms with Crippen LogP contribution in [0.1, 0.15) is 5.69 Å². The molecular formula is C11H13N3OS2. The van der Waals surface area contributed by atoms with Crippen molar-refractivity contribution in [2.45, 2.75) is 17.0 Å². The number of hydrogen-bond donors (Lipinski definition) is 0. The van der Waals surface area contributed by atoms with Crippen molar-refractivity contribution < 1.29 is 0 Å². The quantitative estimate of drug-likeness (QED) is 0.780. The molecule has 0 spiro atoms. The number of rotatable bonds is 2. The van der Waals surface area contributed by atoms with Gasteiger partial charge in [0, 0.05) is 12.4 Å². The van der Waals surface area contributed by atoms with Crippen LogP contribution in [0.2, 0.25) is 0 Å². The second-order valence-electron chi connectivity index (χ2n) is 3.61. The van der Waals surface area contributed by atoms with Gasteiger partial charge in [0.25, 0.3) is 5.56 Å². The zero-order chi connectivity index (χ0) is 12.6. The Morgan fingerprint density at radius 1 is 1.29 bits per heavy atom. The van der Waals surface area contributed by atoms with Gasteiger partial charge < -0.3 is 0 Å². The molecule has 2 heterocycles. The van der Waals surface area contributed by atoms with E-state index < -0.39 is 0 Å². The van der Waals surface area contributed by atoms with Crippen molar-refractivity contribution in [1.29, 1.82) is 0 Å². The summed E-state index contributed by atoms with van der Waals surface area (Å²) in [7, 11) is 1.67. The number of hydrogen-bond acceptors (Lipinski definition) is 5. The van der Waals surface area contributed by atoms with Gasteiger partial charge in [-0.2, -0.15) is 5.10 Å². The van der Waals surface area contributed by atoms with Crippen molar-refractivity contribution in [1.82, 2.24) is 14.8 Å². The fourth-order valence-electron chi connectivity index (χ4n) is 1.76. The highest BCUT2D eigenvalue weighted by Gasteiger charge is 2.12. The van der Waals surface area contributed by atoms with E-state index in [2.05, 4.69) is 10.1 Å². The van der Waals surface area contributed by atoms with Crippen LogP contribution in [-0.2, 0) is 7.05 Å².